The van der Waals surface area contributed by atoms with Gasteiger partial charge in [0, 0.05) is 12.2 Å². The van der Waals surface area contributed by atoms with Gasteiger partial charge >= 0.3 is 0 Å². The van der Waals surface area contributed by atoms with Crippen molar-refractivity contribution in [1.82, 2.24) is 4.90 Å². The second kappa shape index (κ2) is 8.29. The van der Waals surface area contributed by atoms with Gasteiger partial charge in [-0.2, -0.15) is 0 Å². The van der Waals surface area contributed by atoms with Crippen LogP contribution in [0.4, 0.5) is 0 Å². The van der Waals surface area contributed by atoms with Crippen LogP contribution in [0.3, 0.4) is 0 Å². The second-order valence-electron chi connectivity index (χ2n) is 3.47. The van der Waals surface area contributed by atoms with Gasteiger partial charge in [-0.25, -0.2) is 0 Å². The van der Waals surface area contributed by atoms with Gasteiger partial charge in [0.2, 0.25) is 0 Å². The topological polar surface area (TPSA) is 61.8 Å². The minimum Gasteiger partial charge on any atom is -0.394 e. The molecule has 0 aliphatic carbocycles. The molecule has 0 aromatic heterocycles. The van der Waals surface area contributed by atoms with Gasteiger partial charge in [0.1, 0.15) is 0 Å². The highest BCUT2D eigenvalue weighted by Gasteiger charge is 2.15. The van der Waals surface area contributed by atoms with Gasteiger partial charge in [-0.15, -0.1) is 0 Å². The summed E-state index contributed by atoms with van der Waals surface area (Å²) in [4.78, 5) is 6.16. The fourth-order valence-electron chi connectivity index (χ4n) is 1.49. The first-order valence-electron chi connectivity index (χ1n) is 5.41. The molecule has 1 unspecified atom stereocenters. The van der Waals surface area contributed by atoms with Crippen LogP contribution in [0.2, 0.25) is 0 Å². The molecule has 0 saturated heterocycles. The van der Waals surface area contributed by atoms with Crippen molar-refractivity contribution in [3.63, 3.8) is 0 Å². The van der Waals surface area contributed by atoms with Crippen LogP contribution in [0.5, 0.6) is 0 Å². The molecule has 3 N–H and O–H groups in total. The molecule has 0 aliphatic heterocycles. The molecule has 15 heavy (non-hydrogen) atoms. The van der Waals surface area contributed by atoms with Crippen LogP contribution in [0.25, 0.3) is 0 Å². The minimum atomic E-state index is 0.0287. The summed E-state index contributed by atoms with van der Waals surface area (Å²) in [6.07, 6.45) is 4.39. The van der Waals surface area contributed by atoms with Crippen molar-refractivity contribution in [2.45, 2.75) is 33.2 Å². The maximum absolute atomic E-state index is 9.31. The van der Waals surface area contributed by atoms with E-state index in [0.29, 0.717) is 6.54 Å². The molecule has 0 amide bonds. The van der Waals surface area contributed by atoms with E-state index in [0.717, 1.165) is 13.0 Å². The first-order chi connectivity index (χ1) is 7.21. The van der Waals surface area contributed by atoms with Crippen molar-refractivity contribution in [3.05, 3.63) is 11.8 Å². The lowest BCUT2D eigenvalue weighted by atomic mass is 10.2. The highest BCUT2D eigenvalue weighted by atomic mass is 16.3. The smallest absolute Gasteiger partial charge is 0.0798 e. The molecule has 1 atom stereocenters. The van der Waals surface area contributed by atoms with Gasteiger partial charge < -0.3 is 15.7 Å². The standard InChI is InChI=1S/C11H23N3O/c1-4-6-14(10(3)5-2)11(8-15)7-13-9-12/h5,9,11,15H,4,6-8H2,1-3H3,(H2,12,13)/b10-5+. The third-order valence-electron chi connectivity index (χ3n) is 2.41. The first kappa shape index (κ1) is 14.0. The lowest BCUT2D eigenvalue weighted by Crippen LogP contribution is -2.39. The van der Waals surface area contributed by atoms with Gasteiger partial charge in [0.05, 0.1) is 25.5 Å². The van der Waals surface area contributed by atoms with Crippen LogP contribution in [-0.2, 0) is 0 Å². The molecule has 4 nitrogen and oxygen atoms in total. The van der Waals surface area contributed by atoms with E-state index >= 15 is 0 Å². The van der Waals surface area contributed by atoms with E-state index in [1.165, 1.54) is 12.0 Å². The first-order valence-corrected chi connectivity index (χ1v) is 5.41. The van der Waals surface area contributed by atoms with E-state index in [1.54, 1.807) is 0 Å². The van der Waals surface area contributed by atoms with E-state index in [4.69, 9.17) is 5.73 Å². The van der Waals surface area contributed by atoms with Crippen LogP contribution < -0.4 is 5.73 Å². The van der Waals surface area contributed by atoms with Crippen LogP contribution in [0.1, 0.15) is 27.2 Å². The summed E-state index contributed by atoms with van der Waals surface area (Å²) in [6.45, 7) is 7.74. The van der Waals surface area contributed by atoms with Crippen molar-refractivity contribution >= 4 is 6.34 Å². The summed E-state index contributed by atoms with van der Waals surface area (Å²) >= 11 is 0. The normalized spacial score (nSPS) is 14.5. The van der Waals surface area contributed by atoms with E-state index in [9.17, 15) is 5.11 Å². The lowest BCUT2D eigenvalue weighted by Gasteiger charge is -2.32. The van der Waals surface area contributed by atoms with Gasteiger partial charge in [-0.3, -0.25) is 4.99 Å². The third kappa shape index (κ3) is 4.83. The zero-order valence-electron chi connectivity index (χ0n) is 9.98. The molecule has 0 aromatic rings. The van der Waals surface area contributed by atoms with Crippen molar-refractivity contribution in [3.8, 4) is 0 Å². The number of allylic oxidation sites excluding steroid dienone is 2. The van der Waals surface area contributed by atoms with E-state index in [2.05, 4.69) is 16.8 Å². The van der Waals surface area contributed by atoms with E-state index in [1.807, 2.05) is 19.9 Å². The monoisotopic (exact) mass is 213 g/mol. The minimum absolute atomic E-state index is 0.0287. The molecule has 0 fully saturated rings. The summed E-state index contributed by atoms with van der Waals surface area (Å²) in [5.74, 6) is 0. The van der Waals surface area contributed by atoms with Gasteiger partial charge in [0.25, 0.3) is 0 Å². The molecule has 0 rings (SSSR count). The Labute approximate surface area is 92.5 Å². The fraction of sp³-hybridized carbons (Fsp3) is 0.727. The fourth-order valence-corrected chi connectivity index (χ4v) is 1.49. The average Bonchev–Trinajstić information content (AvgIpc) is 2.27. The van der Waals surface area contributed by atoms with Crippen LogP contribution in [0, 0.1) is 0 Å². The van der Waals surface area contributed by atoms with Crippen molar-refractivity contribution < 1.29 is 5.11 Å². The Bertz CT molecular complexity index is 214. The molecular weight excluding hydrogens is 190 g/mol. The molecule has 0 aliphatic rings. The molecule has 88 valence electrons. The number of aliphatic hydroxyl groups excluding tert-OH is 1. The summed E-state index contributed by atoms with van der Waals surface area (Å²) in [6, 6.07) is 0.0287. The Kier molecular flexibility index (Phi) is 7.72. The van der Waals surface area contributed by atoms with Crippen molar-refractivity contribution in [2.75, 3.05) is 19.7 Å². The third-order valence-corrected chi connectivity index (χ3v) is 2.41. The molecule has 4 heteroatoms. The largest absolute Gasteiger partial charge is 0.394 e. The Morgan fingerprint density at radius 1 is 1.60 bits per heavy atom. The number of aliphatic hydroxyl groups is 1. The molecule has 0 radical (unpaired) electrons. The molecular formula is C11H23N3O. The van der Waals surface area contributed by atoms with Gasteiger partial charge in [-0.05, 0) is 20.3 Å². The number of rotatable bonds is 7. The highest BCUT2D eigenvalue weighted by Crippen LogP contribution is 2.10. The van der Waals surface area contributed by atoms with Crippen molar-refractivity contribution in [1.29, 1.82) is 0 Å². The van der Waals surface area contributed by atoms with Crippen LogP contribution >= 0.6 is 0 Å². The zero-order chi connectivity index (χ0) is 11.7. The lowest BCUT2D eigenvalue weighted by molar-refractivity contribution is 0.158. The van der Waals surface area contributed by atoms with E-state index in [-0.39, 0.29) is 12.6 Å². The number of nitrogens with zero attached hydrogens (tertiary/aromatic N) is 2. The molecule has 0 spiro atoms. The van der Waals surface area contributed by atoms with Crippen LogP contribution in [0.15, 0.2) is 16.8 Å². The Morgan fingerprint density at radius 3 is 2.67 bits per heavy atom. The number of aliphatic imine (C=N–C) groups is 1. The maximum atomic E-state index is 9.31. The highest BCUT2D eigenvalue weighted by molar-refractivity contribution is 5.51. The Morgan fingerprint density at radius 2 is 2.27 bits per heavy atom. The predicted octanol–water partition coefficient (Wildman–Crippen LogP) is 0.970. The SMILES string of the molecule is C/C=C(\C)N(CCC)C(CO)CN=CN. The second-order valence-corrected chi connectivity index (χ2v) is 3.47. The molecule has 0 heterocycles. The Hall–Kier alpha value is -1.03. The van der Waals surface area contributed by atoms with E-state index < -0.39 is 0 Å². The quantitative estimate of drug-likeness (QED) is 0.489. The van der Waals surface area contributed by atoms with Gasteiger partial charge in [-0.1, -0.05) is 13.0 Å². The molecule has 0 bridgehead atoms. The summed E-state index contributed by atoms with van der Waals surface area (Å²) < 4.78 is 0. The average molecular weight is 213 g/mol. The van der Waals surface area contributed by atoms with Gasteiger partial charge in [0.15, 0.2) is 0 Å². The summed E-state index contributed by atoms with van der Waals surface area (Å²) in [5.41, 5.74) is 6.38. The number of nitrogens with two attached hydrogens (primary N) is 1. The number of hydrogen-bond acceptors (Lipinski definition) is 3. The zero-order valence-corrected chi connectivity index (χ0v) is 9.98. The molecule has 0 saturated carbocycles. The predicted molar refractivity (Wildman–Crippen MR) is 64.8 cm³/mol. The molecule has 0 aromatic carbocycles. The van der Waals surface area contributed by atoms with Crippen molar-refractivity contribution in [2.24, 2.45) is 10.7 Å². The maximum Gasteiger partial charge on any atom is 0.0798 e. The van der Waals surface area contributed by atoms with Crippen LogP contribution in [-0.4, -0.2) is 42.1 Å². The summed E-state index contributed by atoms with van der Waals surface area (Å²) in [5, 5.41) is 9.31. The summed E-state index contributed by atoms with van der Waals surface area (Å²) in [7, 11) is 0. The Balaban J connectivity index is 4.53. The number of hydrogen-bond donors (Lipinski definition) is 2.